The van der Waals surface area contributed by atoms with Crippen molar-refractivity contribution in [1.29, 1.82) is 0 Å². The molecule has 2 aromatic heterocycles. The molecule has 0 fully saturated rings. The number of fused-ring (bicyclic) bond motifs is 1. The first-order valence-electron chi connectivity index (χ1n) is 7.42. The van der Waals surface area contributed by atoms with E-state index in [9.17, 15) is 0 Å². The maximum Gasteiger partial charge on any atom is 0.0960 e. The number of hydrogen-bond acceptors (Lipinski definition) is 4. The van der Waals surface area contributed by atoms with Gasteiger partial charge in [-0.25, -0.2) is 0 Å². The van der Waals surface area contributed by atoms with Crippen LogP contribution < -0.4 is 5.32 Å². The normalized spacial score (nSPS) is 18.5. The molecule has 0 aromatic carbocycles. The molecule has 1 unspecified atom stereocenters. The summed E-state index contributed by atoms with van der Waals surface area (Å²) >= 11 is 1.88. The number of pyridine rings is 1. The Morgan fingerprint density at radius 3 is 3.00 bits per heavy atom. The Hall–Kier alpha value is -1.23. The topological polar surface area (TPSA) is 34.1 Å². The second-order valence-corrected chi connectivity index (χ2v) is 7.61. The van der Waals surface area contributed by atoms with Gasteiger partial charge in [0.25, 0.3) is 0 Å². The van der Waals surface area contributed by atoms with Crippen molar-refractivity contribution in [2.24, 2.45) is 0 Å². The zero-order valence-electron chi connectivity index (χ0n) is 12.8. The van der Waals surface area contributed by atoms with Crippen molar-refractivity contribution in [3.8, 4) is 10.4 Å². The van der Waals surface area contributed by atoms with Crippen LogP contribution >= 0.6 is 11.3 Å². The molecule has 3 rings (SSSR count). The molecule has 1 aliphatic heterocycles. The zero-order chi connectivity index (χ0) is 14.9. The Kier molecular flexibility index (Phi) is 4.11. The fraction of sp³-hybridized carbons (Fsp3) is 0.471. The Morgan fingerprint density at radius 1 is 1.43 bits per heavy atom. The minimum absolute atomic E-state index is 0.114. The lowest BCUT2D eigenvalue weighted by atomic mass is 10.0. The van der Waals surface area contributed by atoms with E-state index in [4.69, 9.17) is 4.74 Å². The van der Waals surface area contributed by atoms with E-state index < -0.39 is 0 Å². The predicted molar refractivity (Wildman–Crippen MR) is 87.7 cm³/mol. The van der Waals surface area contributed by atoms with Crippen molar-refractivity contribution in [3.63, 3.8) is 0 Å². The maximum atomic E-state index is 5.98. The van der Waals surface area contributed by atoms with Gasteiger partial charge < -0.3 is 10.1 Å². The molecule has 0 spiro atoms. The lowest BCUT2D eigenvalue weighted by molar-refractivity contribution is 0.0397. The van der Waals surface area contributed by atoms with Gasteiger partial charge in [-0.1, -0.05) is 6.07 Å². The fourth-order valence-electron chi connectivity index (χ4n) is 2.51. The van der Waals surface area contributed by atoms with Gasteiger partial charge in [-0.3, -0.25) is 4.98 Å². The van der Waals surface area contributed by atoms with E-state index in [-0.39, 0.29) is 11.6 Å². The van der Waals surface area contributed by atoms with Gasteiger partial charge in [-0.05, 0) is 38.5 Å². The molecule has 21 heavy (non-hydrogen) atoms. The second-order valence-electron chi connectivity index (χ2n) is 6.47. The van der Waals surface area contributed by atoms with Crippen LogP contribution in [-0.2, 0) is 11.2 Å². The third-order valence-corrected chi connectivity index (χ3v) is 4.86. The summed E-state index contributed by atoms with van der Waals surface area (Å²) in [5, 5.41) is 3.55. The largest absolute Gasteiger partial charge is 0.372 e. The van der Waals surface area contributed by atoms with E-state index in [1.165, 1.54) is 20.9 Å². The van der Waals surface area contributed by atoms with E-state index in [0.717, 1.165) is 19.6 Å². The number of hydrogen-bond donors (Lipinski definition) is 1. The first kappa shape index (κ1) is 14.7. The standard InChI is InChI=1S/C17H22N2OS/c1-17(2,3)19-11-14-13-9-16(12-5-4-7-18-10-12)21-15(13)6-8-20-14/h4-5,7,9-10,14,19H,6,8,11H2,1-3H3. The SMILES string of the molecule is CC(C)(C)NCC1OCCc2sc(-c3cccnc3)cc21. The van der Waals surface area contributed by atoms with Crippen LogP contribution in [0.3, 0.4) is 0 Å². The Labute approximate surface area is 130 Å². The van der Waals surface area contributed by atoms with Gasteiger partial charge in [0.1, 0.15) is 0 Å². The Bertz CT molecular complexity index is 601. The van der Waals surface area contributed by atoms with Gasteiger partial charge in [-0.15, -0.1) is 11.3 Å². The van der Waals surface area contributed by atoms with Crippen molar-refractivity contribution >= 4 is 11.3 Å². The molecule has 0 amide bonds. The average molecular weight is 302 g/mol. The van der Waals surface area contributed by atoms with Crippen LogP contribution in [0.15, 0.2) is 30.6 Å². The van der Waals surface area contributed by atoms with Crippen LogP contribution in [0.2, 0.25) is 0 Å². The van der Waals surface area contributed by atoms with Gasteiger partial charge in [0.15, 0.2) is 0 Å². The third kappa shape index (κ3) is 3.51. The minimum atomic E-state index is 0.114. The zero-order valence-corrected chi connectivity index (χ0v) is 13.7. The van der Waals surface area contributed by atoms with Crippen molar-refractivity contribution in [3.05, 3.63) is 41.0 Å². The lowest BCUT2D eigenvalue weighted by Gasteiger charge is -2.28. The molecular weight excluding hydrogens is 280 g/mol. The number of thiophene rings is 1. The molecule has 2 aromatic rings. The average Bonchev–Trinajstić information content (AvgIpc) is 2.89. The molecule has 1 aliphatic rings. The van der Waals surface area contributed by atoms with Crippen LogP contribution in [0.1, 0.15) is 37.3 Å². The summed E-state index contributed by atoms with van der Waals surface area (Å²) in [6.45, 7) is 8.23. The van der Waals surface area contributed by atoms with Crippen molar-refractivity contribution < 1.29 is 4.74 Å². The quantitative estimate of drug-likeness (QED) is 0.936. The van der Waals surface area contributed by atoms with E-state index in [1.807, 2.05) is 29.8 Å². The van der Waals surface area contributed by atoms with E-state index in [0.29, 0.717) is 0 Å². The smallest absolute Gasteiger partial charge is 0.0960 e. The van der Waals surface area contributed by atoms with E-state index in [1.54, 1.807) is 0 Å². The first-order chi connectivity index (χ1) is 10.0. The second kappa shape index (κ2) is 5.87. The van der Waals surface area contributed by atoms with Gasteiger partial charge in [0.2, 0.25) is 0 Å². The Morgan fingerprint density at radius 2 is 2.29 bits per heavy atom. The van der Waals surface area contributed by atoms with Gasteiger partial charge in [0.05, 0.1) is 12.7 Å². The van der Waals surface area contributed by atoms with Crippen molar-refractivity contribution in [2.75, 3.05) is 13.2 Å². The fourth-order valence-corrected chi connectivity index (χ4v) is 3.70. The highest BCUT2D eigenvalue weighted by Gasteiger charge is 2.25. The summed E-state index contributed by atoms with van der Waals surface area (Å²) in [4.78, 5) is 6.97. The third-order valence-electron chi connectivity index (χ3n) is 3.60. The summed E-state index contributed by atoms with van der Waals surface area (Å²) in [7, 11) is 0. The van der Waals surface area contributed by atoms with E-state index in [2.05, 4.69) is 43.2 Å². The molecule has 1 N–H and O–H groups in total. The van der Waals surface area contributed by atoms with Crippen LogP contribution in [0.5, 0.6) is 0 Å². The maximum absolute atomic E-state index is 5.98. The number of aromatic nitrogens is 1. The predicted octanol–water partition coefficient (Wildman–Crippen LogP) is 3.81. The molecule has 3 nitrogen and oxygen atoms in total. The summed E-state index contributed by atoms with van der Waals surface area (Å²) in [6, 6.07) is 6.39. The van der Waals surface area contributed by atoms with Crippen LogP contribution in [0.4, 0.5) is 0 Å². The lowest BCUT2D eigenvalue weighted by Crippen LogP contribution is -2.39. The Balaban J connectivity index is 1.83. The van der Waals surface area contributed by atoms with Crippen LogP contribution in [0.25, 0.3) is 10.4 Å². The monoisotopic (exact) mass is 302 g/mol. The van der Waals surface area contributed by atoms with Crippen molar-refractivity contribution in [1.82, 2.24) is 10.3 Å². The molecule has 0 bridgehead atoms. The van der Waals surface area contributed by atoms with Gasteiger partial charge in [-0.2, -0.15) is 0 Å². The molecule has 112 valence electrons. The minimum Gasteiger partial charge on any atom is -0.372 e. The first-order valence-corrected chi connectivity index (χ1v) is 8.24. The molecular formula is C17H22N2OS. The number of rotatable bonds is 3. The van der Waals surface area contributed by atoms with E-state index >= 15 is 0 Å². The number of nitrogens with one attached hydrogen (secondary N) is 1. The van der Waals surface area contributed by atoms with Gasteiger partial charge >= 0.3 is 0 Å². The summed E-state index contributed by atoms with van der Waals surface area (Å²) in [5.74, 6) is 0. The molecule has 0 saturated carbocycles. The molecule has 1 atom stereocenters. The summed E-state index contributed by atoms with van der Waals surface area (Å²) in [5.41, 5.74) is 2.66. The molecule has 0 saturated heterocycles. The highest BCUT2D eigenvalue weighted by atomic mass is 32.1. The molecule has 0 aliphatic carbocycles. The van der Waals surface area contributed by atoms with Crippen molar-refractivity contribution in [2.45, 2.75) is 38.8 Å². The molecule has 0 radical (unpaired) electrons. The van der Waals surface area contributed by atoms with Gasteiger partial charge in [0, 0.05) is 46.2 Å². The number of nitrogens with zero attached hydrogens (tertiary/aromatic N) is 1. The van der Waals surface area contributed by atoms with Crippen LogP contribution in [0, 0.1) is 0 Å². The highest BCUT2D eigenvalue weighted by molar-refractivity contribution is 7.15. The highest BCUT2D eigenvalue weighted by Crippen LogP contribution is 2.38. The number of ether oxygens (including phenoxy) is 1. The summed E-state index contributed by atoms with van der Waals surface area (Å²) < 4.78 is 5.98. The summed E-state index contributed by atoms with van der Waals surface area (Å²) in [6.07, 6.45) is 4.93. The molecule has 4 heteroatoms. The van der Waals surface area contributed by atoms with Crippen LogP contribution in [-0.4, -0.2) is 23.7 Å². The molecule has 3 heterocycles.